The first-order valence-electron chi connectivity index (χ1n) is 6.12. The first-order valence-corrected chi connectivity index (χ1v) is 6.12. The Balaban J connectivity index is 2.10. The van der Waals surface area contributed by atoms with Crippen molar-refractivity contribution in [3.63, 3.8) is 0 Å². The lowest BCUT2D eigenvalue weighted by Gasteiger charge is -2.27. The predicted octanol–water partition coefficient (Wildman–Crippen LogP) is 3.31. The number of aromatic amines is 1. The zero-order valence-electron chi connectivity index (χ0n) is 9.65. The monoisotopic (exact) mass is 225 g/mol. The van der Waals surface area contributed by atoms with Crippen LogP contribution in [0.3, 0.4) is 0 Å². The van der Waals surface area contributed by atoms with Crippen molar-refractivity contribution in [1.29, 1.82) is 0 Å². The fourth-order valence-corrected chi connectivity index (χ4v) is 2.42. The molecular weight excluding hydrogens is 210 g/mol. The molecule has 1 aliphatic carbocycles. The quantitative estimate of drug-likeness (QED) is 0.835. The van der Waals surface area contributed by atoms with E-state index in [-0.39, 0.29) is 5.43 Å². The van der Waals surface area contributed by atoms with Gasteiger partial charge >= 0.3 is 0 Å². The van der Waals surface area contributed by atoms with Crippen LogP contribution in [0.4, 0.5) is 0 Å². The Bertz CT molecular complexity index is 581. The number of H-pyrrole nitrogens is 1. The van der Waals surface area contributed by atoms with Crippen LogP contribution in [0.25, 0.3) is 11.3 Å². The minimum absolute atomic E-state index is 0.0576. The third-order valence-electron chi connectivity index (χ3n) is 3.57. The van der Waals surface area contributed by atoms with Crippen molar-refractivity contribution in [3.05, 3.63) is 58.4 Å². The fraction of sp³-hybridized carbons (Fsp3) is 0.267. The molecule has 1 N–H and O–H groups in total. The Morgan fingerprint density at radius 3 is 2.65 bits per heavy atom. The summed E-state index contributed by atoms with van der Waals surface area (Å²) in [6.45, 7) is 0. The fourth-order valence-electron chi connectivity index (χ4n) is 2.42. The van der Waals surface area contributed by atoms with Crippen molar-refractivity contribution in [3.8, 4) is 11.3 Å². The van der Waals surface area contributed by atoms with Crippen LogP contribution in [0, 0.1) is 0 Å². The van der Waals surface area contributed by atoms with Gasteiger partial charge in [-0.2, -0.15) is 0 Å². The second-order valence-corrected chi connectivity index (χ2v) is 4.65. The molecule has 0 atom stereocenters. The molecule has 1 aromatic carbocycles. The van der Waals surface area contributed by atoms with Crippen molar-refractivity contribution < 1.29 is 0 Å². The first kappa shape index (κ1) is 10.3. The Hall–Kier alpha value is -1.83. The second-order valence-electron chi connectivity index (χ2n) is 4.65. The number of nitrogens with one attached hydrogen (secondary N) is 1. The normalized spacial score (nSPS) is 15.5. The topological polar surface area (TPSA) is 32.9 Å². The number of pyridine rings is 1. The summed E-state index contributed by atoms with van der Waals surface area (Å²) in [6.07, 6.45) is 5.59. The summed E-state index contributed by atoms with van der Waals surface area (Å²) in [5.41, 5.74) is 3.54. The molecule has 2 nitrogen and oxygen atoms in total. The van der Waals surface area contributed by atoms with Gasteiger partial charge in [-0.05, 0) is 24.3 Å². The summed E-state index contributed by atoms with van der Waals surface area (Å²) in [7, 11) is 0. The molecule has 1 fully saturated rings. The van der Waals surface area contributed by atoms with Gasteiger partial charge in [0.15, 0.2) is 5.43 Å². The van der Waals surface area contributed by atoms with Crippen molar-refractivity contribution in [2.24, 2.45) is 0 Å². The molecule has 0 amide bonds. The van der Waals surface area contributed by atoms with E-state index in [9.17, 15) is 4.79 Å². The first-order chi connectivity index (χ1) is 8.34. The summed E-state index contributed by atoms with van der Waals surface area (Å²) in [5.74, 6) is 0.676. The van der Waals surface area contributed by atoms with E-state index in [0.717, 1.165) is 5.69 Å². The Morgan fingerprint density at radius 1 is 1.12 bits per heavy atom. The van der Waals surface area contributed by atoms with Crippen molar-refractivity contribution >= 4 is 0 Å². The average Bonchev–Trinajstić information content (AvgIpc) is 2.27. The minimum atomic E-state index is 0.0576. The molecule has 0 radical (unpaired) electrons. The molecule has 0 aliphatic heterocycles. The predicted molar refractivity (Wildman–Crippen MR) is 69.1 cm³/mol. The lowest BCUT2D eigenvalue weighted by Crippen LogP contribution is -2.10. The highest BCUT2D eigenvalue weighted by Crippen LogP contribution is 2.40. The van der Waals surface area contributed by atoms with Gasteiger partial charge in [-0.1, -0.05) is 30.7 Å². The average molecular weight is 225 g/mol. The highest BCUT2D eigenvalue weighted by atomic mass is 16.1. The van der Waals surface area contributed by atoms with Crippen LogP contribution in [-0.4, -0.2) is 4.98 Å². The number of hydrogen-bond donors (Lipinski definition) is 1. The lowest BCUT2D eigenvalue weighted by molar-refractivity contribution is 0.420. The molecular formula is C15H15NO. The maximum absolute atomic E-state index is 11.4. The van der Waals surface area contributed by atoms with Crippen molar-refractivity contribution in [1.82, 2.24) is 4.98 Å². The van der Waals surface area contributed by atoms with Crippen LogP contribution < -0.4 is 5.43 Å². The number of aromatic nitrogens is 1. The molecule has 86 valence electrons. The zero-order chi connectivity index (χ0) is 11.7. The van der Waals surface area contributed by atoms with Crippen LogP contribution in [0.1, 0.15) is 30.7 Å². The number of benzene rings is 1. The second kappa shape index (κ2) is 4.21. The lowest BCUT2D eigenvalue weighted by atomic mass is 9.78. The van der Waals surface area contributed by atoms with Gasteiger partial charge in [0.05, 0.1) is 0 Å². The Labute approximate surface area is 100 Å². The molecule has 3 rings (SSSR count). The van der Waals surface area contributed by atoms with Gasteiger partial charge in [-0.15, -0.1) is 0 Å². The Kier molecular flexibility index (Phi) is 2.56. The maximum Gasteiger partial charge on any atom is 0.182 e. The SMILES string of the molecule is O=c1cc[nH]c(-c2ccccc2C2CCC2)c1. The zero-order valence-corrected chi connectivity index (χ0v) is 9.65. The van der Waals surface area contributed by atoms with E-state index in [4.69, 9.17) is 0 Å². The molecule has 2 heteroatoms. The van der Waals surface area contributed by atoms with E-state index in [2.05, 4.69) is 23.2 Å². The summed E-state index contributed by atoms with van der Waals surface area (Å²) in [4.78, 5) is 14.6. The summed E-state index contributed by atoms with van der Waals surface area (Å²) >= 11 is 0. The van der Waals surface area contributed by atoms with Gasteiger partial charge in [0.25, 0.3) is 0 Å². The smallest absolute Gasteiger partial charge is 0.182 e. The molecule has 1 saturated carbocycles. The summed E-state index contributed by atoms with van der Waals surface area (Å²) in [5, 5.41) is 0. The summed E-state index contributed by atoms with van der Waals surface area (Å²) in [6, 6.07) is 11.6. The standard InChI is InChI=1S/C15H15NO/c17-12-8-9-16-15(10-12)14-7-2-1-6-13(14)11-4-3-5-11/h1-2,6-11H,3-5H2,(H,16,17). The summed E-state index contributed by atoms with van der Waals surface area (Å²) < 4.78 is 0. The molecule has 17 heavy (non-hydrogen) atoms. The number of hydrogen-bond acceptors (Lipinski definition) is 1. The molecule has 1 heterocycles. The van der Waals surface area contributed by atoms with E-state index in [0.29, 0.717) is 5.92 Å². The van der Waals surface area contributed by atoms with Gasteiger partial charge in [0.2, 0.25) is 0 Å². The molecule has 0 bridgehead atoms. The minimum Gasteiger partial charge on any atom is -0.361 e. The third kappa shape index (κ3) is 1.91. The Morgan fingerprint density at radius 2 is 1.94 bits per heavy atom. The van der Waals surface area contributed by atoms with E-state index in [1.807, 2.05) is 6.07 Å². The van der Waals surface area contributed by atoms with Crippen LogP contribution in [0.15, 0.2) is 47.4 Å². The van der Waals surface area contributed by atoms with Crippen LogP contribution in [-0.2, 0) is 0 Å². The van der Waals surface area contributed by atoms with E-state index in [1.54, 1.807) is 18.3 Å². The molecule has 2 aromatic rings. The molecule has 1 aromatic heterocycles. The van der Waals surface area contributed by atoms with Crippen LogP contribution in [0.2, 0.25) is 0 Å². The van der Waals surface area contributed by atoms with Crippen molar-refractivity contribution in [2.75, 3.05) is 0 Å². The van der Waals surface area contributed by atoms with Crippen LogP contribution in [0.5, 0.6) is 0 Å². The molecule has 0 saturated heterocycles. The third-order valence-corrected chi connectivity index (χ3v) is 3.57. The largest absolute Gasteiger partial charge is 0.361 e. The van der Waals surface area contributed by atoms with Crippen molar-refractivity contribution in [2.45, 2.75) is 25.2 Å². The van der Waals surface area contributed by atoms with Crippen LogP contribution >= 0.6 is 0 Å². The highest BCUT2D eigenvalue weighted by Gasteiger charge is 2.22. The maximum atomic E-state index is 11.4. The van der Waals surface area contributed by atoms with Gasteiger partial charge in [-0.25, -0.2) is 0 Å². The van der Waals surface area contributed by atoms with E-state index >= 15 is 0 Å². The van der Waals surface area contributed by atoms with Gasteiger partial charge in [-0.3, -0.25) is 4.79 Å². The molecule has 0 spiro atoms. The molecule has 1 aliphatic rings. The van der Waals surface area contributed by atoms with Gasteiger partial charge in [0.1, 0.15) is 0 Å². The van der Waals surface area contributed by atoms with Gasteiger partial charge in [0, 0.05) is 29.6 Å². The molecule has 0 unspecified atom stereocenters. The number of rotatable bonds is 2. The van der Waals surface area contributed by atoms with E-state index < -0.39 is 0 Å². The highest BCUT2D eigenvalue weighted by molar-refractivity contribution is 5.64. The van der Waals surface area contributed by atoms with Gasteiger partial charge < -0.3 is 4.98 Å². The van der Waals surface area contributed by atoms with E-state index in [1.165, 1.54) is 30.4 Å².